The molecule has 5 heteroatoms. The maximum Gasteiger partial charge on any atom is 0.228 e. The first-order valence-electron chi connectivity index (χ1n) is 14.2. The summed E-state index contributed by atoms with van der Waals surface area (Å²) in [6.07, 6.45) is 4.05. The van der Waals surface area contributed by atoms with E-state index in [9.17, 15) is 9.50 Å². The van der Waals surface area contributed by atoms with Crippen LogP contribution in [0.4, 0.5) is 4.39 Å². The zero-order valence-electron chi connectivity index (χ0n) is 23.5. The second-order valence-electron chi connectivity index (χ2n) is 10.7. The molecule has 4 nitrogen and oxygen atoms in total. The van der Waals surface area contributed by atoms with Crippen molar-refractivity contribution >= 4 is 10.8 Å². The van der Waals surface area contributed by atoms with Gasteiger partial charge in [-0.05, 0) is 51.1 Å². The zero-order valence-corrected chi connectivity index (χ0v) is 23.5. The topological polar surface area (TPSA) is 47.3 Å². The van der Waals surface area contributed by atoms with Crippen LogP contribution in [0.25, 0.3) is 10.8 Å². The van der Waals surface area contributed by atoms with Crippen LogP contribution in [0, 0.1) is 5.92 Å². The fourth-order valence-corrected chi connectivity index (χ4v) is 6.15. The van der Waals surface area contributed by atoms with Crippen LogP contribution in [0.5, 0.6) is 5.75 Å². The highest BCUT2D eigenvalue weighted by Gasteiger charge is 2.39. The average molecular weight is 557 g/mol. The molecule has 5 aromatic carbocycles. The Morgan fingerprint density at radius 2 is 1.31 bits per heavy atom. The van der Waals surface area contributed by atoms with Crippen LogP contribution in [-0.4, -0.2) is 28.1 Å². The van der Waals surface area contributed by atoms with Gasteiger partial charge in [0.05, 0.1) is 12.0 Å². The second kappa shape index (κ2) is 12.0. The van der Waals surface area contributed by atoms with Crippen LogP contribution in [0.1, 0.15) is 40.8 Å². The van der Waals surface area contributed by atoms with Crippen molar-refractivity contribution in [2.45, 2.75) is 18.4 Å². The highest BCUT2D eigenvalue weighted by atomic mass is 19.1. The second-order valence-corrected chi connectivity index (χ2v) is 10.7. The number of aromatic nitrogens is 2. The van der Waals surface area contributed by atoms with Gasteiger partial charge in [-0.15, -0.1) is 0 Å². The number of ether oxygens (including phenoxy) is 1. The fourth-order valence-electron chi connectivity index (χ4n) is 6.15. The van der Waals surface area contributed by atoms with E-state index in [4.69, 9.17) is 9.72 Å². The Morgan fingerprint density at radius 3 is 1.86 bits per heavy atom. The molecule has 0 amide bonds. The standard InChI is InChI=1S/C37H33FN2O2/c1-27(24-41)36(30-18-17-29-22-34(42-25-38)20-19-28(29)21-30)35-23-40(26-39-35)37(31-11-5-2-6-12-31,32-13-7-3-8-14-32)33-15-9-4-10-16-33/h2-23,26-27,36,41H,24-25H2,1H3. The van der Waals surface area contributed by atoms with Gasteiger partial charge in [0, 0.05) is 18.7 Å². The molecule has 2 atom stereocenters. The number of fused-ring (bicyclic) bond motifs is 1. The van der Waals surface area contributed by atoms with Gasteiger partial charge in [0.2, 0.25) is 6.86 Å². The van der Waals surface area contributed by atoms with Gasteiger partial charge in [-0.1, -0.05) is 122 Å². The SMILES string of the molecule is CC(CO)C(c1ccc2cc(OCF)ccc2c1)c1cn(C(c2ccccc2)(c2ccccc2)c2ccccc2)cn1. The van der Waals surface area contributed by atoms with Crippen molar-refractivity contribution in [3.8, 4) is 5.75 Å². The van der Waals surface area contributed by atoms with Crippen LogP contribution in [-0.2, 0) is 5.54 Å². The lowest BCUT2D eigenvalue weighted by molar-refractivity contribution is 0.192. The van der Waals surface area contributed by atoms with Gasteiger partial charge >= 0.3 is 0 Å². The Kier molecular flexibility index (Phi) is 7.85. The van der Waals surface area contributed by atoms with Crippen LogP contribution < -0.4 is 4.74 Å². The summed E-state index contributed by atoms with van der Waals surface area (Å²) in [6, 6.07) is 43.3. The molecule has 0 saturated heterocycles. The fraction of sp³-hybridized carbons (Fsp3) is 0.162. The molecule has 0 bridgehead atoms. The van der Waals surface area contributed by atoms with Gasteiger partial charge in [-0.3, -0.25) is 0 Å². The Morgan fingerprint density at radius 1 is 0.762 bits per heavy atom. The molecule has 6 aromatic rings. The van der Waals surface area contributed by atoms with E-state index in [0.717, 1.165) is 38.7 Å². The molecule has 0 aliphatic carbocycles. The monoisotopic (exact) mass is 556 g/mol. The summed E-state index contributed by atoms with van der Waals surface area (Å²) in [5.41, 5.74) is 4.62. The van der Waals surface area contributed by atoms with Crippen LogP contribution in [0.3, 0.4) is 0 Å². The summed E-state index contributed by atoms with van der Waals surface area (Å²) in [6.45, 7) is 1.20. The first-order valence-corrected chi connectivity index (χ1v) is 14.2. The van der Waals surface area contributed by atoms with E-state index >= 15 is 0 Å². The molecule has 1 N–H and O–H groups in total. The smallest absolute Gasteiger partial charge is 0.228 e. The first-order chi connectivity index (χ1) is 20.6. The lowest BCUT2D eigenvalue weighted by atomic mass is 9.76. The molecule has 0 aliphatic rings. The molecule has 2 unspecified atom stereocenters. The number of halogens is 1. The minimum atomic E-state index is -0.862. The molecular formula is C37H33FN2O2. The molecule has 210 valence electrons. The van der Waals surface area contributed by atoms with Crippen LogP contribution in [0.15, 0.2) is 140 Å². The van der Waals surface area contributed by atoms with Gasteiger partial charge in [-0.2, -0.15) is 0 Å². The summed E-state index contributed by atoms with van der Waals surface area (Å²) in [7, 11) is 0. The Hall–Kier alpha value is -4.74. The maximum atomic E-state index is 12.7. The molecular weight excluding hydrogens is 523 g/mol. The molecule has 6 rings (SSSR count). The van der Waals surface area contributed by atoms with Crippen molar-refractivity contribution in [2.24, 2.45) is 5.92 Å². The highest BCUT2D eigenvalue weighted by Crippen LogP contribution is 2.42. The number of nitrogens with zero attached hydrogens (tertiary/aromatic N) is 2. The molecule has 0 fully saturated rings. The summed E-state index contributed by atoms with van der Waals surface area (Å²) in [5, 5.41) is 12.3. The van der Waals surface area contributed by atoms with Crippen molar-refractivity contribution in [2.75, 3.05) is 13.5 Å². The van der Waals surface area contributed by atoms with E-state index in [2.05, 4.69) is 95.7 Å². The number of imidazole rings is 1. The van der Waals surface area contributed by atoms with Crippen molar-refractivity contribution in [3.05, 3.63) is 168 Å². The summed E-state index contributed by atoms with van der Waals surface area (Å²) < 4.78 is 20.0. The third-order valence-corrected chi connectivity index (χ3v) is 8.16. The third-order valence-electron chi connectivity index (χ3n) is 8.16. The van der Waals surface area contributed by atoms with E-state index in [1.807, 2.05) is 49.6 Å². The third kappa shape index (κ3) is 4.97. The van der Waals surface area contributed by atoms with Crippen molar-refractivity contribution in [1.29, 1.82) is 0 Å². The number of hydrogen-bond acceptors (Lipinski definition) is 3. The molecule has 0 spiro atoms. The molecule has 1 aromatic heterocycles. The molecule has 0 saturated carbocycles. The number of aliphatic hydroxyl groups excluding tert-OH is 1. The zero-order chi connectivity index (χ0) is 28.9. The van der Waals surface area contributed by atoms with E-state index in [1.54, 1.807) is 6.07 Å². The first kappa shape index (κ1) is 27.4. The Labute approximate surface area is 245 Å². The van der Waals surface area contributed by atoms with Crippen LogP contribution >= 0.6 is 0 Å². The number of hydrogen-bond donors (Lipinski definition) is 1. The van der Waals surface area contributed by atoms with E-state index in [-0.39, 0.29) is 18.4 Å². The van der Waals surface area contributed by atoms with Crippen molar-refractivity contribution in [1.82, 2.24) is 9.55 Å². The Bertz CT molecular complexity index is 1660. The number of alkyl halides is 1. The van der Waals surface area contributed by atoms with Crippen molar-refractivity contribution < 1.29 is 14.2 Å². The lowest BCUT2D eigenvalue weighted by Gasteiger charge is -2.37. The Balaban J connectivity index is 1.53. The number of aliphatic hydroxyl groups is 1. The molecule has 0 radical (unpaired) electrons. The van der Waals surface area contributed by atoms with Gasteiger partial charge in [0.25, 0.3) is 0 Å². The van der Waals surface area contributed by atoms with Gasteiger partial charge < -0.3 is 14.4 Å². The largest absolute Gasteiger partial charge is 0.463 e. The summed E-state index contributed by atoms with van der Waals surface area (Å²) in [5.74, 6) is 0.262. The number of benzene rings is 5. The lowest BCUT2D eigenvalue weighted by Crippen LogP contribution is -2.37. The minimum Gasteiger partial charge on any atom is -0.463 e. The van der Waals surface area contributed by atoms with Gasteiger partial charge in [0.1, 0.15) is 11.3 Å². The van der Waals surface area contributed by atoms with E-state index in [1.165, 1.54) is 0 Å². The van der Waals surface area contributed by atoms with Crippen LogP contribution in [0.2, 0.25) is 0 Å². The quantitative estimate of drug-likeness (QED) is 0.174. The summed E-state index contributed by atoms with van der Waals surface area (Å²) in [4.78, 5) is 5.01. The van der Waals surface area contributed by atoms with E-state index < -0.39 is 12.4 Å². The van der Waals surface area contributed by atoms with Crippen molar-refractivity contribution in [3.63, 3.8) is 0 Å². The van der Waals surface area contributed by atoms with Gasteiger partial charge in [0.15, 0.2) is 0 Å². The normalized spacial score (nSPS) is 13.1. The summed E-state index contributed by atoms with van der Waals surface area (Å²) >= 11 is 0. The number of rotatable bonds is 10. The van der Waals surface area contributed by atoms with E-state index in [0.29, 0.717) is 5.75 Å². The minimum absolute atomic E-state index is 0.0139. The van der Waals surface area contributed by atoms with Gasteiger partial charge in [-0.25, -0.2) is 9.37 Å². The molecule has 42 heavy (non-hydrogen) atoms. The maximum absolute atomic E-state index is 12.7. The highest BCUT2D eigenvalue weighted by molar-refractivity contribution is 5.84. The molecule has 0 aliphatic heterocycles. The predicted octanol–water partition coefficient (Wildman–Crippen LogP) is 7.94. The average Bonchev–Trinajstić information content (AvgIpc) is 3.53. The predicted molar refractivity (Wildman–Crippen MR) is 165 cm³/mol. The molecule has 1 heterocycles.